The van der Waals surface area contributed by atoms with E-state index in [2.05, 4.69) is 4.72 Å². The monoisotopic (exact) mass is 314 g/mol. The second-order valence-corrected chi connectivity index (χ2v) is 6.67. The van der Waals surface area contributed by atoms with Crippen LogP contribution >= 0.6 is 0 Å². The van der Waals surface area contributed by atoms with E-state index in [1.165, 1.54) is 16.4 Å². The Morgan fingerprint density at radius 1 is 1.24 bits per heavy atom. The van der Waals surface area contributed by atoms with E-state index in [9.17, 15) is 12.8 Å². The van der Waals surface area contributed by atoms with E-state index in [0.717, 1.165) is 31.7 Å². The normalized spacial score (nSPS) is 17.2. The number of nitrogen functional groups attached to an aromatic ring is 1. The Morgan fingerprint density at radius 3 is 2.43 bits per heavy atom. The van der Waals surface area contributed by atoms with Crippen LogP contribution in [0.15, 0.2) is 18.2 Å². The highest BCUT2D eigenvalue weighted by Gasteiger charge is 2.24. The Balaban J connectivity index is 2.28. The standard InChI is InChI=1S/C13H19FN4O2S/c14-10-6-5-7-11(12(10)13(15)16)17-21(19,20)18-8-3-1-2-4-9-18/h5-7,17H,1-4,8-9H2,(H3,15,16). The molecule has 0 amide bonds. The summed E-state index contributed by atoms with van der Waals surface area (Å²) in [6, 6.07) is 3.91. The number of hydrogen-bond donors (Lipinski definition) is 3. The molecule has 21 heavy (non-hydrogen) atoms. The van der Waals surface area contributed by atoms with Crippen molar-refractivity contribution in [3.63, 3.8) is 0 Å². The minimum atomic E-state index is -3.77. The second-order valence-electron chi connectivity index (χ2n) is 5.00. The van der Waals surface area contributed by atoms with Crippen LogP contribution in [0, 0.1) is 11.2 Å². The lowest BCUT2D eigenvalue weighted by Crippen LogP contribution is -2.37. The molecule has 6 nitrogen and oxygen atoms in total. The zero-order valence-corrected chi connectivity index (χ0v) is 12.4. The number of rotatable bonds is 4. The molecule has 1 saturated heterocycles. The first-order chi connectivity index (χ1) is 9.92. The van der Waals surface area contributed by atoms with Gasteiger partial charge in [-0.15, -0.1) is 0 Å². The maximum atomic E-state index is 13.7. The largest absolute Gasteiger partial charge is 0.384 e. The fourth-order valence-electron chi connectivity index (χ4n) is 2.37. The van der Waals surface area contributed by atoms with E-state index >= 15 is 0 Å². The molecule has 1 heterocycles. The number of nitrogens with two attached hydrogens (primary N) is 1. The molecule has 0 aromatic heterocycles. The van der Waals surface area contributed by atoms with Gasteiger partial charge in [-0.2, -0.15) is 12.7 Å². The number of halogens is 1. The van der Waals surface area contributed by atoms with E-state index in [1.807, 2.05) is 0 Å². The van der Waals surface area contributed by atoms with Crippen molar-refractivity contribution in [2.45, 2.75) is 25.7 Å². The van der Waals surface area contributed by atoms with E-state index in [-0.39, 0.29) is 11.3 Å². The zero-order chi connectivity index (χ0) is 15.5. The number of hydrogen-bond acceptors (Lipinski definition) is 3. The van der Waals surface area contributed by atoms with E-state index in [1.54, 1.807) is 0 Å². The Hall–Kier alpha value is -1.67. The van der Waals surface area contributed by atoms with Gasteiger partial charge in [-0.1, -0.05) is 18.9 Å². The van der Waals surface area contributed by atoms with E-state index in [0.29, 0.717) is 13.1 Å². The van der Waals surface area contributed by atoms with Gasteiger partial charge in [0.1, 0.15) is 11.7 Å². The molecule has 8 heteroatoms. The summed E-state index contributed by atoms with van der Waals surface area (Å²) in [5, 5.41) is 7.39. The Bertz CT molecular complexity index is 625. The van der Waals surface area contributed by atoms with Gasteiger partial charge in [-0.25, -0.2) is 4.39 Å². The van der Waals surface area contributed by atoms with Gasteiger partial charge in [0.25, 0.3) is 0 Å². The predicted octanol–water partition coefficient (Wildman–Crippen LogP) is 1.64. The third kappa shape index (κ3) is 3.70. The minimum Gasteiger partial charge on any atom is -0.384 e. The van der Waals surface area contributed by atoms with Gasteiger partial charge in [0.05, 0.1) is 11.3 Å². The molecule has 116 valence electrons. The topological polar surface area (TPSA) is 99.3 Å². The summed E-state index contributed by atoms with van der Waals surface area (Å²) in [5.74, 6) is -1.24. The molecule has 4 N–H and O–H groups in total. The van der Waals surface area contributed by atoms with Gasteiger partial charge in [0.15, 0.2) is 0 Å². The van der Waals surface area contributed by atoms with Crippen molar-refractivity contribution in [2.75, 3.05) is 17.8 Å². The summed E-state index contributed by atoms with van der Waals surface area (Å²) < 4.78 is 42.2. The SMILES string of the molecule is N=C(N)c1c(F)cccc1NS(=O)(=O)N1CCCCCC1. The first kappa shape index (κ1) is 15.7. The maximum Gasteiger partial charge on any atom is 0.301 e. The molecule has 2 rings (SSSR count). The lowest BCUT2D eigenvalue weighted by Gasteiger charge is -2.21. The molecule has 1 aliphatic heterocycles. The van der Waals surface area contributed by atoms with Crippen LogP contribution in [-0.2, 0) is 10.2 Å². The highest BCUT2D eigenvalue weighted by Crippen LogP contribution is 2.22. The maximum absolute atomic E-state index is 13.7. The smallest absolute Gasteiger partial charge is 0.301 e. The summed E-state index contributed by atoms with van der Waals surface area (Å²) >= 11 is 0. The van der Waals surface area contributed by atoms with Crippen LogP contribution < -0.4 is 10.5 Å². The van der Waals surface area contributed by atoms with E-state index < -0.39 is 21.9 Å². The number of benzene rings is 1. The molecule has 0 bridgehead atoms. The Morgan fingerprint density at radius 2 is 1.86 bits per heavy atom. The lowest BCUT2D eigenvalue weighted by atomic mass is 10.1. The molecule has 1 aliphatic rings. The Kier molecular flexibility index (Phi) is 4.79. The lowest BCUT2D eigenvalue weighted by molar-refractivity contribution is 0.427. The van der Waals surface area contributed by atoms with Gasteiger partial charge in [-0.05, 0) is 25.0 Å². The quantitative estimate of drug-likeness (QED) is 0.582. The highest BCUT2D eigenvalue weighted by molar-refractivity contribution is 7.90. The molecular formula is C13H19FN4O2S. The molecule has 1 aromatic rings. The Labute approximate surface area is 123 Å². The van der Waals surface area contributed by atoms with Gasteiger partial charge < -0.3 is 5.73 Å². The van der Waals surface area contributed by atoms with Gasteiger partial charge in [0.2, 0.25) is 0 Å². The van der Waals surface area contributed by atoms with Crippen LogP contribution in [0.5, 0.6) is 0 Å². The molecule has 1 fully saturated rings. The first-order valence-electron chi connectivity index (χ1n) is 6.82. The average Bonchev–Trinajstić information content (AvgIpc) is 2.67. The summed E-state index contributed by atoms with van der Waals surface area (Å²) in [6.07, 6.45) is 3.63. The van der Waals surface area contributed by atoms with Crippen LogP contribution in [0.1, 0.15) is 31.2 Å². The van der Waals surface area contributed by atoms with Crippen LogP contribution in [-0.4, -0.2) is 31.6 Å². The molecule has 1 aromatic carbocycles. The van der Waals surface area contributed by atoms with Crippen LogP contribution in [0.3, 0.4) is 0 Å². The number of nitrogens with zero attached hydrogens (tertiary/aromatic N) is 1. The first-order valence-corrected chi connectivity index (χ1v) is 8.26. The fraction of sp³-hybridized carbons (Fsp3) is 0.462. The van der Waals surface area contributed by atoms with Crippen molar-refractivity contribution < 1.29 is 12.8 Å². The summed E-state index contributed by atoms with van der Waals surface area (Å²) in [4.78, 5) is 0. The zero-order valence-electron chi connectivity index (χ0n) is 11.6. The average molecular weight is 314 g/mol. The van der Waals surface area contributed by atoms with Crippen LogP contribution in [0.2, 0.25) is 0 Å². The number of amidine groups is 1. The van der Waals surface area contributed by atoms with Crippen molar-refractivity contribution in [1.29, 1.82) is 5.41 Å². The minimum absolute atomic E-state index is 0.00764. The highest BCUT2D eigenvalue weighted by atomic mass is 32.2. The molecule has 0 aliphatic carbocycles. The van der Waals surface area contributed by atoms with Crippen molar-refractivity contribution in [3.05, 3.63) is 29.6 Å². The van der Waals surface area contributed by atoms with Crippen molar-refractivity contribution >= 4 is 21.7 Å². The van der Waals surface area contributed by atoms with Crippen LogP contribution in [0.4, 0.5) is 10.1 Å². The third-order valence-electron chi connectivity index (χ3n) is 3.43. The molecule has 0 saturated carbocycles. The summed E-state index contributed by atoms with van der Waals surface area (Å²) in [7, 11) is -3.77. The third-order valence-corrected chi connectivity index (χ3v) is 4.95. The van der Waals surface area contributed by atoms with Gasteiger partial charge >= 0.3 is 10.2 Å². The number of nitrogens with one attached hydrogen (secondary N) is 2. The second kappa shape index (κ2) is 6.40. The summed E-state index contributed by atoms with van der Waals surface area (Å²) in [6.45, 7) is 0.889. The molecule has 0 unspecified atom stereocenters. The van der Waals surface area contributed by atoms with Gasteiger partial charge in [0, 0.05) is 13.1 Å². The van der Waals surface area contributed by atoms with Gasteiger partial charge in [-0.3, -0.25) is 10.1 Å². The number of anilines is 1. The predicted molar refractivity (Wildman–Crippen MR) is 80.0 cm³/mol. The molecule has 0 atom stereocenters. The molecule has 0 radical (unpaired) electrons. The summed E-state index contributed by atoms with van der Waals surface area (Å²) in [5.41, 5.74) is 5.10. The van der Waals surface area contributed by atoms with Crippen molar-refractivity contribution in [1.82, 2.24) is 4.31 Å². The molecular weight excluding hydrogens is 295 g/mol. The van der Waals surface area contributed by atoms with Crippen molar-refractivity contribution in [2.24, 2.45) is 5.73 Å². The molecule has 0 spiro atoms. The van der Waals surface area contributed by atoms with E-state index in [4.69, 9.17) is 11.1 Å². The van der Waals surface area contributed by atoms with Crippen LogP contribution in [0.25, 0.3) is 0 Å². The van der Waals surface area contributed by atoms with Crippen molar-refractivity contribution in [3.8, 4) is 0 Å². The fourth-order valence-corrected chi connectivity index (χ4v) is 3.68.